The fourth-order valence-corrected chi connectivity index (χ4v) is 3.76. The van der Waals surface area contributed by atoms with E-state index in [0.717, 1.165) is 12.8 Å². The first-order chi connectivity index (χ1) is 12.9. The van der Waals surface area contributed by atoms with E-state index in [9.17, 15) is 19.2 Å². The highest BCUT2D eigenvalue weighted by Crippen LogP contribution is 2.29. The lowest BCUT2D eigenvalue weighted by molar-refractivity contribution is -0.150. The van der Waals surface area contributed by atoms with Gasteiger partial charge < -0.3 is 4.74 Å². The molecule has 2 amide bonds. The molecule has 2 aliphatic heterocycles. The van der Waals surface area contributed by atoms with Gasteiger partial charge in [0.15, 0.2) is 5.78 Å². The van der Waals surface area contributed by atoms with Gasteiger partial charge in [-0.05, 0) is 57.5 Å². The maximum absolute atomic E-state index is 12.9. The van der Waals surface area contributed by atoms with Crippen LogP contribution in [0.15, 0.2) is 24.3 Å². The fourth-order valence-electron chi connectivity index (χ4n) is 3.76. The van der Waals surface area contributed by atoms with Crippen LogP contribution >= 0.6 is 0 Å². The Labute approximate surface area is 158 Å². The minimum absolute atomic E-state index is 0.0724. The highest BCUT2D eigenvalue weighted by molar-refractivity contribution is 6.22. The van der Waals surface area contributed by atoms with E-state index < -0.39 is 6.04 Å². The summed E-state index contributed by atoms with van der Waals surface area (Å²) in [5.74, 6) is -1.11. The average Bonchev–Trinajstić information content (AvgIpc) is 2.96. The van der Waals surface area contributed by atoms with Crippen molar-refractivity contribution in [3.8, 4) is 0 Å². The van der Waals surface area contributed by atoms with Crippen molar-refractivity contribution in [3.05, 3.63) is 29.8 Å². The average molecular weight is 372 g/mol. The Kier molecular flexibility index (Phi) is 5.70. The third-order valence-corrected chi connectivity index (χ3v) is 5.17. The highest BCUT2D eigenvalue weighted by atomic mass is 16.5. The molecule has 7 nitrogen and oxygen atoms in total. The number of hydrogen-bond donors (Lipinski definition) is 0. The van der Waals surface area contributed by atoms with Crippen molar-refractivity contribution in [2.45, 2.75) is 39.2 Å². The summed E-state index contributed by atoms with van der Waals surface area (Å²) in [6, 6.07) is 5.91. The van der Waals surface area contributed by atoms with Crippen LogP contribution in [0.1, 0.15) is 43.5 Å². The van der Waals surface area contributed by atoms with E-state index in [2.05, 4.69) is 0 Å². The first kappa shape index (κ1) is 19.2. The van der Waals surface area contributed by atoms with Gasteiger partial charge in [0, 0.05) is 12.1 Å². The number of rotatable bonds is 5. The molecule has 7 heteroatoms. The molecule has 0 radical (unpaired) electrons. The molecule has 0 N–H and O–H groups in total. The molecule has 0 spiro atoms. The van der Waals surface area contributed by atoms with Gasteiger partial charge in [0.1, 0.15) is 0 Å². The number of imide groups is 1. The Bertz CT molecular complexity index is 758. The summed E-state index contributed by atoms with van der Waals surface area (Å²) < 4.78 is 5.11. The van der Waals surface area contributed by atoms with Crippen molar-refractivity contribution < 1.29 is 23.9 Å². The van der Waals surface area contributed by atoms with Gasteiger partial charge in [-0.25, -0.2) is 4.90 Å². The van der Waals surface area contributed by atoms with Gasteiger partial charge in [-0.3, -0.25) is 24.1 Å². The molecule has 0 aliphatic carbocycles. The molecule has 0 aromatic heterocycles. The minimum Gasteiger partial charge on any atom is -0.466 e. The zero-order valence-corrected chi connectivity index (χ0v) is 15.6. The number of carbonyl (C=O) groups excluding carboxylic acids is 4. The molecule has 144 valence electrons. The maximum atomic E-state index is 12.9. The van der Waals surface area contributed by atoms with Crippen LogP contribution in [-0.2, 0) is 19.1 Å². The molecule has 3 rings (SSSR count). The first-order valence-electron chi connectivity index (χ1n) is 9.30. The van der Waals surface area contributed by atoms with E-state index in [1.165, 1.54) is 11.8 Å². The molecule has 0 saturated carbocycles. The number of esters is 1. The van der Waals surface area contributed by atoms with Crippen LogP contribution < -0.4 is 4.90 Å². The van der Waals surface area contributed by atoms with Crippen molar-refractivity contribution >= 4 is 29.3 Å². The van der Waals surface area contributed by atoms with E-state index in [0.29, 0.717) is 30.9 Å². The summed E-state index contributed by atoms with van der Waals surface area (Å²) in [7, 11) is 0. The molecule has 2 aliphatic rings. The van der Waals surface area contributed by atoms with Gasteiger partial charge in [-0.2, -0.15) is 0 Å². The van der Waals surface area contributed by atoms with Crippen molar-refractivity contribution in [2.24, 2.45) is 5.92 Å². The number of ketones is 1. The molecule has 2 fully saturated rings. The third kappa shape index (κ3) is 3.93. The Hall–Kier alpha value is -2.54. The van der Waals surface area contributed by atoms with E-state index in [4.69, 9.17) is 4.74 Å². The normalized spacial score (nSPS) is 23.6. The Morgan fingerprint density at radius 1 is 1.19 bits per heavy atom. The molecular weight excluding hydrogens is 348 g/mol. The number of anilines is 1. The van der Waals surface area contributed by atoms with Crippen LogP contribution in [0.3, 0.4) is 0 Å². The van der Waals surface area contributed by atoms with Crippen LogP contribution in [0.4, 0.5) is 5.69 Å². The number of carbonyl (C=O) groups is 4. The Morgan fingerprint density at radius 2 is 1.89 bits per heavy atom. The monoisotopic (exact) mass is 372 g/mol. The Morgan fingerprint density at radius 3 is 2.52 bits per heavy atom. The second kappa shape index (κ2) is 8.00. The number of benzene rings is 1. The van der Waals surface area contributed by atoms with Gasteiger partial charge in [0.25, 0.3) is 5.91 Å². The standard InChI is InChI=1S/C20H24N2O5/c1-3-27-20(26)15-5-4-10-21(12-15)17-11-18(24)22(19(17)25)16-8-6-14(7-9-16)13(2)23/h6-9,15,17H,3-5,10-12H2,1-2H3/t15-,17-/m0/s1. The van der Waals surface area contributed by atoms with Gasteiger partial charge in [0.2, 0.25) is 5.91 Å². The topological polar surface area (TPSA) is 84.0 Å². The summed E-state index contributed by atoms with van der Waals surface area (Å²) in [5.41, 5.74) is 0.999. The molecule has 1 aromatic carbocycles. The fraction of sp³-hybridized carbons (Fsp3) is 0.500. The number of piperidine rings is 1. The highest BCUT2D eigenvalue weighted by Gasteiger charge is 2.44. The zero-order chi connectivity index (χ0) is 19.6. The Balaban J connectivity index is 1.73. The zero-order valence-electron chi connectivity index (χ0n) is 15.6. The van der Waals surface area contributed by atoms with Gasteiger partial charge >= 0.3 is 5.97 Å². The second-order valence-corrected chi connectivity index (χ2v) is 6.98. The number of amides is 2. The van der Waals surface area contributed by atoms with E-state index in [1.54, 1.807) is 31.2 Å². The number of Topliss-reactive ketones (excluding diaryl/α,β-unsaturated/α-hetero) is 1. The summed E-state index contributed by atoms with van der Waals surface area (Å²) >= 11 is 0. The maximum Gasteiger partial charge on any atom is 0.310 e. The molecule has 1 aromatic rings. The second-order valence-electron chi connectivity index (χ2n) is 6.98. The minimum atomic E-state index is -0.554. The lowest BCUT2D eigenvalue weighted by Gasteiger charge is -2.34. The molecule has 2 heterocycles. The SMILES string of the molecule is CCOC(=O)[C@H]1CCCN([C@H]2CC(=O)N(c3ccc(C(C)=O)cc3)C2=O)C1. The van der Waals surface area contributed by atoms with E-state index >= 15 is 0 Å². The third-order valence-electron chi connectivity index (χ3n) is 5.17. The molecule has 0 unspecified atom stereocenters. The summed E-state index contributed by atoms with van der Waals surface area (Å²) in [6.45, 7) is 4.68. The van der Waals surface area contributed by atoms with E-state index in [-0.39, 0.29) is 35.9 Å². The predicted octanol–water partition coefficient (Wildman–Crippen LogP) is 1.80. The smallest absolute Gasteiger partial charge is 0.310 e. The lowest BCUT2D eigenvalue weighted by Crippen LogP contribution is -2.48. The molecule has 2 atom stereocenters. The molecular formula is C20H24N2O5. The number of likely N-dealkylation sites (tertiary alicyclic amines) is 1. The lowest BCUT2D eigenvalue weighted by atomic mass is 9.96. The predicted molar refractivity (Wildman–Crippen MR) is 98.3 cm³/mol. The number of ether oxygens (including phenoxy) is 1. The van der Waals surface area contributed by atoms with E-state index in [1.807, 2.05) is 4.90 Å². The van der Waals surface area contributed by atoms with Crippen LogP contribution in [0.2, 0.25) is 0 Å². The molecule has 2 saturated heterocycles. The van der Waals surface area contributed by atoms with Gasteiger partial charge in [0.05, 0.1) is 30.7 Å². The summed E-state index contributed by atoms with van der Waals surface area (Å²) in [5, 5.41) is 0. The van der Waals surface area contributed by atoms with Crippen LogP contribution in [-0.4, -0.2) is 54.2 Å². The number of nitrogens with zero attached hydrogens (tertiary/aromatic N) is 2. The van der Waals surface area contributed by atoms with Crippen LogP contribution in [0, 0.1) is 5.92 Å². The first-order valence-corrected chi connectivity index (χ1v) is 9.30. The van der Waals surface area contributed by atoms with Crippen molar-refractivity contribution in [3.63, 3.8) is 0 Å². The number of hydrogen-bond acceptors (Lipinski definition) is 6. The molecule has 0 bridgehead atoms. The quantitative estimate of drug-likeness (QED) is 0.445. The summed E-state index contributed by atoms with van der Waals surface area (Å²) in [4.78, 5) is 52.0. The van der Waals surface area contributed by atoms with Crippen LogP contribution in [0.25, 0.3) is 0 Å². The molecule has 27 heavy (non-hydrogen) atoms. The van der Waals surface area contributed by atoms with Crippen molar-refractivity contribution in [1.29, 1.82) is 0 Å². The van der Waals surface area contributed by atoms with Gasteiger partial charge in [-0.15, -0.1) is 0 Å². The summed E-state index contributed by atoms with van der Waals surface area (Å²) in [6.07, 6.45) is 1.62. The van der Waals surface area contributed by atoms with Crippen LogP contribution in [0.5, 0.6) is 0 Å². The largest absolute Gasteiger partial charge is 0.466 e. The van der Waals surface area contributed by atoms with Gasteiger partial charge in [-0.1, -0.05) is 0 Å². The van der Waals surface area contributed by atoms with Crippen molar-refractivity contribution in [1.82, 2.24) is 4.90 Å². The van der Waals surface area contributed by atoms with Crippen molar-refractivity contribution in [2.75, 3.05) is 24.6 Å².